The number of carbonyl (C=O) groups excluding carboxylic acids is 3. The van der Waals surface area contributed by atoms with Crippen LogP contribution in [-0.4, -0.2) is 49.5 Å². The van der Waals surface area contributed by atoms with Crippen LogP contribution >= 0.6 is 0 Å². The summed E-state index contributed by atoms with van der Waals surface area (Å²) in [5, 5.41) is 2.61. The van der Waals surface area contributed by atoms with Crippen LogP contribution < -0.4 is 10.1 Å². The van der Waals surface area contributed by atoms with Gasteiger partial charge in [-0.05, 0) is 49.2 Å². The number of rotatable bonds is 6. The van der Waals surface area contributed by atoms with Crippen molar-refractivity contribution in [2.45, 2.75) is 12.8 Å². The fraction of sp³-hybridized carbons (Fsp3) is 0.318. The number of nitrogens with zero attached hydrogens (tertiary/aromatic N) is 1. The summed E-state index contributed by atoms with van der Waals surface area (Å²) in [5.41, 5.74) is 0.333. The van der Waals surface area contributed by atoms with Crippen LogP contribution in [0.2, 0.25) is 0 Å². The lowest BCUT2D eigenvalue weighted by Gasteiger charge is -2.31. The average molecular weight is 432 g/mol. The van der Waals surface area contributed by atoms with Gasteiger partial charge in [-0.25, -0.2) is 8.78 Å². The van der Waals surface area contributed by atoms with Crippen LogP contribution in [0.1, 0.15) is 23.2 Å². The van der Waals surface area contributed by atoms with Crippen molar-refractivity contribution in [2.24, 2.45) is 5.92 Å². The molecule has 0 spiro atoms. The number of ether oxygens (including phenoxy) is 2. The molecule has 1 saturated heterocycles. The molecule has 2 aromatic carbocycles. The SMILES string of the molecule is COc1ccc(NC(=O)COC(=O)C2CCN(C(=O)c3ccc(F)cc3F)CC2)cc1. The van der Waals surface area contributed by atoms with E-state index in [0.29, 0.717) is 30.3 Å². The van der Waals surface area contributed by atoms with Crippen molar-refractivity contribution >= 4 is 23.5 Å². The Morgan fingerprint density at radius 1 is 1.06 bits per heavy atom. The molecular formula is C22H22F2N2O5. The summed E-state index contributed by atoms with van der Waals surface area (Å²) in [4.78, 5) is 38.1. The van der Waals surface area contributed by atoms with Gasteiger partial charge in [0.1, 0.15) is 17.4 Å². The monoisotopic (exact) mass is 432 g/mol. The third kappa shape index (κ3) is 5.78. The molecule has 3 rings (SSSR count). The van der Waals surface area contributed by atoms with Crippen LogP contribution in [0.25, 0.3) is 0 Å². The predicted molar refractivity (Wildman–Crippen MR) is 108 cm³/mol. The normalized spacial score (nSPS) is 14.1. The highest BCUT2D eigenvalue weighted by molar-refractivity contribution is 5.95. The van der Waals surface area contributed by atoms with E-state index in [0.717, 1.165) is 12.1 Å². The number of benzene rings is 2. The van der Waals surface area contributed by atoms with Crippen molar-refractivity contribution in [1.29, 1.82) is 0 Å². The van der Waals surface area contributed by atoms with Gasteiger partial charge in [-0.2, -0.15) is 0 Å². The highest BCUT2D eigenvalue weighted by Crippen LogP contribution is 2.22. The van der Waals surface area contributed by atoms with Crippen molar-refractivity contribution < 1.29 is 32.6 Å². The first-order valence-corrected chi connectivity index (χ1v) is 9.72. The zero-order valence-electron chi connectivity index (χ0n) is 16.9. The van der Waals surface area contributed by atoms with Crippen LogP contribution in [0.4, 0.5) is 14.5 Å². The summed E-state index contributed by atoms with van der Waals surface area (Å²) in [6.07, 6.45) is 0.654. The van der Waals surface area contributed by atoms with Crippen LogP contribution in [0.5, 0.6) is 5.75 Å². The third-order valence-corrected chi connectivity index (χ3v) is 5.00. The number of anilines is 1. The van der Waals surface area contributed by atoms with E-state index in [-0.39, 0.29) is 18.7 Å². The highest BCUT2D eigenvalue weighted by Gasteiger charge is 2.30. The lowest BCUT2D eigenvalue weighted by molar-refractivity contribution is -0.152. The second-order valence-electron chi connectivity index (χ2n) is 7.08. The van der Waals surface area contributed by atoms with Gasteiger partial charge < -0.3 is 19.7 Å². The first-order chi connectivity index (χ1) is 14.9. The molecule has 0 radical (unpaired) electrons. The molecule has 2 aromatic rings. The lowest BCUT2D eigenvalue weighted by Crippen LogP contribution is -2.41. The van der Waals surface area contributed by atoms with Crippen molar-refractivity contribution in [2.75, 3.05) is 32.1 Å². The molecule has 9 heteroatoms. The first-order valence-electron chi connectivity index (χ1n) is 9.72. The maximum Gasteiger partial charge on any atom is 0.309 e. The van der Waals surface area contributed by atoms with Crippen molar-refractivity contribution in [3.8, 4) is 5.75 Å². The Bertz CT molecular complexity index is 957. The number of halogens is 2. The van der Waals surface area contributed by atoms with Gasteiger partial charge in [0.2, 0.25) is 0 Å². The Kier molecular flexibility index (Phi) is 7.17. The average Bonchev–Trinajstić information content (AvgIpc) is 2.77. The molecule has 1 aliphatic heterocycles. The van der Waals surface area contributed by atoms with Gasteiger partial charge in [-0.1, -0.05) is 0 Å². The van der Waals surface area contributed by atoms with Crippen LogP contribution in [0, 0.1) is 17.6 Å². The van der Waals surface area contributed by atoms with Crippen molar-refractivity contribution in [3.63, 3.8) is 0 Å². The molecule has 0 aliphatic carbocycles. The number of hydrogen-bond acceptors (Lipinski definition) is 5. The van der Waals surface area contributed by atoms with Crippen LogP contribution in [0.15, 0.2) is 42.5 Å². The number of likely N-dealkylation sites (tertiary alicyclic amines) is 1. The Morgan fingerprint density at radius 3 is 2.35 bits per heavy atom. The highest BCUT2D eigenvalue weighted by atomic mass is 19.1. The van der Waals surface area contributed by atoms with E-state index in [1.807, 2.05) is 0 Å². The molecule has 164 valence electrons. The van der Waals surface area contributed by atoms with Gasteiger partial charge in [-0.3, -0.25) is 14.4 Å². The fourth-order valence-electron chi connectivity index (χ4n) is 3.28. The number of esters is 1. The summed E-state index contributed by atoms with van der Waals surface area (Å²) < 4.78 is 37.0. The number of piperidine rings is 1. The largest absolute Gasteiger partial charge is 0.497 e. The maximum atomic E-state index is 13.8. The molecule has 7 nitrogen and oxygen atoms in total. The number of hydrogen-bond donors (Lipinski definition) is 1. The molecule has 31 heavy (non-hydrogen) atoms. The topological polar surface area (TPSA) is 84.9 Å². The molecule has 1 heterocycles. The Morgan fingerprint density at radius 2 is 1.74 bits per heavy atom. The minimum Gasteiger partial charge on any atom is -0.497 e. The van der Waals surface area contributed by atoms with Gasteiger partial charge in [-0.15, -0.1) is 0 Å². The van der Waals surface area contributed by atoms with Gasteiger partial charge in [0.15, 0.2) is 6.61 Å². The summed E-state index contributed by atoms with van der Waals surface area (Å²) in [5.74, 6) is -3.04. The molecular weight excluding hydrogens is 410 g/mol. The van der Waals surface area contributed by atoms with Gasteiger partial charge in [0.05, 0.1) is 18.6 Å². The minimum absolute atomic E-state index is 0.211. The molecule has 0 aromatic heterocycles. The summed E-state index contributed by atoms with van der Waals surface area (Å²) in [6.45, 7) is 0.0335. The number of methoxy groups -OCH3 is 1. The zero-order valence-corrected chi connectivity index (χ0v) is 16.9. The molecule has 0 unspecified atom stereocenters. The number of nitrogens with one attached hydrogen (secondary N) is 1. The molecule has 0 atom stereocenters. The standard InChI is InChI=1S/C22H22F2N2O5/c1-30-17-5-3-16(4-6-17)25-20(27)13-31-22(29)14-8-10-26(11-9-14)21(28)18-7-2-15(23)12-19(18)24/h2-7,12,14H,8-11,13H2,1H3,(H,25,27). The van der Waals surface area contributed by atoms with Crippen molar-refractivity contribution in [3.05, 3.63) is 59.7 Å². The quantitative estimate of drug-likeness (QED) is 0.710. The summed E-state index contributed by atoms with van der Waals surface area (Å²) in [6, 6.07) is 9.49. The van der Waals surface area contributed by atoms with E-state index in [2.05, 4.69) is 5.32 Å². The number of carbonyl (C=O) groups is 3. The van der Waals surface area contributed by atoms with E-state index in [4.69, 9.17) is 9.47 Å². The van der Waals surface area contributed by atoms with E-state index < -0.39 is 41.9 Å². The summed E-state index contributed by atoms with van der Waals surface area (Å²) >= 11 is 0. The van der Waals surface area contributed by atoms with E-state index in [9.17, 15) is 23.2 Å². The molecule has 1 aliphatic rings. The molecule has 1 N–H and O–H groups in total. The zero-order chi connectivity index (χ0) is 22.4. The van der Waals surface area contributed by atoms with Gasteiger partial charge >= 0.3 is 5.97 Å². The van der Waals surface area contributed by atoms with Crippen molar-refractivity contribution in [1.82, 2.24) is 4.90 Å². The molecule has 0 bridgehead atoms. The molecule has 1 fully saturated rings. The summed E-state index contributed by atoms with van der Waals surface area (Å²) in [7, 11) is 1.54. The molecule has 2 amide bonds. The second kappa shape index (κ2) is 10.0. The Hall–Kier alpha value is -3.49. The predicted octanol–water partition coefficient (Wildman–Crippen LogP) is 3.01. The second-order valence-corrected chi connectivity index (χ2v) is 7.08. The number of amides is 2. The van der Waals surface area contributed by atoms with E-state index in [1.165, 1.54) is 12.0 Å². The van der Waals surface area contributed by atoms with E-state index in [1.54, 1.807) is 24.3 Å². The lowest BCUT2D eigenvalue weighted by atomic mass is 9.96. The Balaban J connectivity index is 1.44. The fourth-order valence-corrected chi connectivity index (χ4v) is 3.28. The van der Waals surface area contributed by atoms with Crippen LogP contribution in [-0.2, 0) is 14.3 Å². The van der Waals surface area contributed by atoms with Crippen LogP contribution in [0.3, 0.4) is 0 Å². The van der Waals surface area contributed by atoms with E-state index >= 15 is 0 Å². The first kappa shape index (κ1) is 22.2. The Labute approximate surface area is 177 Å². The van der Waals surface area contributed by atoms with Gasteiger partial charge in [0.25, 0.3) is 11.8 Å². The molecule has 0 saturated carbocycles. The third-order valence-electron chi connectivity index (χ3n) is 5.00. The maximum absolute atomic E-state index is 13.8. The smallest absolute Gasteiger partial charge is 0.309 e. The van der Waals surface area contributed by atoms with Gasteiger partial charge in [0, 0.05) is 24.8 Å². The minimum atomic E-state index is -0.922.